The van der Waals surface area contributed by atoms with E-state index >= 15 is 0 Å². The highest BCUT2D eigenvalue weighted by Gasteiger charge is 2.15. The number of benzene rings is 1. The van der Waals surface area contributed by atoms with Crippen LogP contribution in [0.25, 0.3) is 0 Å². The molecule has 0 fully saturated rings. The van der Waals surface area contributed by atoms with Gasteiger partial charge in [-0.05, 0) is 59.0 Å². The highest BCUT2D eigenvalue weighted by molar-refractivity contribution is 8.00. The first-order valence-corrected chi connectivity index (χ1v) is 9.37. The Balaban J connectivity index is 2.64. The summed E-state index contributed by atoms with van der Waals surface area (Å²) in [7, 11) is 0. The largest absolute Gasteiger partial charge is 0.357 e. The summed E-state index contributed by atoms with van der Waals surface area (Å²) >= 11 is 6.45. The van der Waals surface area contributed by atoms with E-state index in [1.807, 2.05) is 46.8 Å². The molecular formula is C17H26N4O2S2. The fourth-order valence-electron chi connectivity index (χ4n) is 1.84. The van der Waals surface area contributed by atoms with Gasteiger partial charge in [0.05, 0.1) is 11.3 Å². The van der Waals surface area contributed by atoms with Crippen molar-refractivity contribution in [2.24, 2.45) is 0 Å². The summed E-state index contributed by atoms with van der Waals surface area (Å²) in [5.74, 6) is -0.130. The van der Waals surface area contributed by atoms with Crippen LogP contribution in [0.1, 0.15) is 45.0 Å². The summed E-state index contributed by atoms with van der Waals surface area (Å²) in [5, 5.41) is 6.21. The molecule has 0 heterocycles. The molecule has 2 amide bonds. The summed E-state index contributed by atoms with van der Waals surface area (Å²) in [6.07, 6.45) is 0. The predicted octanol–water partition coefficient (Wildman–Crippen LogP) is 2.21. The van der Waals surface area contributed by atoms with Crippen LogP contribution in [0.4, 0.5) is 0 Å². The van der Waals surface area contributed by atoms with Crippen molar-refractivity contribution < 1.29 is 9.59 Å². The molecule has 0 saturated carbocycles. The number of hydrogen-bond donors (Lipinski definition) is 4. The van der Waals surface area contributed by atoms with Crippen LogP contribution >= 0.6 is 24.0 Å². The summed E-state index contributed by atoms with van der Waals surface area (Å²) in [4.78, 5) is 24.9. The molecule has 25 heavy (non-hydrogen) atoms. The monoisotopic (exact) mass is 382 g/mol. The minimum atomic E-state index is -0.314. The lowest BCUT2D eigenvalue weighted by Crippen LogP contribution is -2.52. The fraction of sp³-hybridized carbons (Fsp3) is 0.471. The first kappa shape index (κ1) is 21.2. The van der Waals surface area contributed by atoms with Gasteiger partial charge in [0.25, 0.3) is 5.91 Å². The molecule has 1 rings (SSSR count). The highest BCUT2D eigenvalue weighted by Crippen LogP contribution is 2.22. The molecule has 1 aromatic carbocycles. The molecule has 0 aliphatic rings. The van der Waals surface area contributed by atoms with Gasteiger partial charge in [-0.15, -0.1) is 11.8 Å². The van der Waals surface area contributed by atoms with E-state index in [1.54, 1.807) is 12.1 Å². The van der Waals surface area contributed by atoms with Gasteiger partial charge in [0.1, 0.15) is 0 Å². The Hall–Kier alpha value is -1.80. The third kappa shape index (κ3) is 8.74. The lowest BCUT2D eigenvalue weighted by Gasteiger charge is -2.23. The first-order valence-electron chi connectivity index (χ1n) is 7.98. The number of carbonyl (C=O) groups is 2. The van der Waals surface area contributed by atoms with E-state index in [0.29, 0.717) is 10.7 Å². The molecule has 0 saturated heterocycles. The van der Waals surface area contributed by atoms with Gasteiger partial charge in [-0.25, -0.2) is 0 Å². The zero-order valence-corrected chi connectivity index (χ0v) is 16.9. The van der Waals surface area contributed by atoms with Gasteiger partial charge >= 0.3 is 0 Å². The zero-order valence-electron chi connectivity index (χ0n) is 15.2. The van der Waals surface area contributed by atoms with Gasteiger partial charge in [0.2, 0.25) is 5.91 Å². The second-order valence-electron chi connectivity index (χ2n) is 6.79. The molecule has 1 aromatic rings. The summed E-state index contributed by atoms with van der Waals surface area (Å²) < 4.78 is 0. The number of rotatable bonds is 5. The molecule has 0 radical (unpaired) electrons. The van der Waals surface area contributed by atoms with Crippen LogP contribution in [0.2, 0.25) is 0 Å². The molecule has 138 valence electrons. The van der Waals surface area contributed by atoms with Gasteiger partial charge < -0.3 is 10.6 Å². The van der Waals surface area contributed by atoms with E-state index < -0.39 is 0 Å². The van der Waals surface area contributed by atoms with Crippen LogP contribution in [0.5, 0.6) is 0 Å². The molecule has 6 nitrogen and oxygen atoms in total. The van der Waals surface area contributed by atoms with Crippen molar-refractivity contribution >= 4 is 40.9 Å². The third-order valence-corrected chi connectivity index (χ3v) is 4.00. The van der Waals surface area contributed by atoms with Crippen molar-refractivity contribution in [2.45, 2.75) is 51.1 Å². The second-order valence-corrected chi connectivity index (χ2v) is 8.22. The lowest BCUT2D eigenvalue weighted by molar-refractivity contribution is -0.119. The standard InChI is InChI=1S/C17H26N4O2S2/c1-11(2)18-14(22)10-25-13-9-7-6-8-12(13)15(23)20-21-16(24)19-17(3,4)5/h6-9,11H,10H2,1-5H3,(H,18,22)(H,20,23)(H2,19,21,24). The topological polar surface area (TPSA) is 82.3 Å². The Labute approximate surface area is 158 Å². The molecule has 0 aliphatic carbocycles. The Morgan fingerprint density at radius 2 is 1.80 bits per heavy atom. The number of thiocarbonyl (C=S) groups is 1. The van der Waals surface area contributed by atoms with Crippen LogP contribution in [-0.4, -0.2) is 34.3 Å². The molecule has 0 aliphatic heterocycles. The normalized spacial score (nSPS) is 11.0. The Morgan fingerprint density at radius 3 is 2.40 bits per heavy atom. The minimum absolute atomic E-state index is 0.0658. The maximum Gasteiger partial charge on any atom is 0.270 e. The quantitative estimate of drug-likeness (QED) is 0.355. The average molecular weight is 383 g/mol. The van der Waals surface area contributed by atoms with Crippen molar-refractivity contribution in [1.82, 2.24) is 21.5 Å². The summed E-state index contributed by atoms with van der Waals surface area (Å²) in [6.45, 7) is 9.72. The van der Waals surface area contributed by atoms with Crippen molar-refractivity contribution in [1.29, 1.82) is 0 Å². The molecular weight excluding hydrogens is 356 g/mol. The van der Waals surface area contributed by atoms with Crippen molar-refractivity contribution in [2.75, 3.05) is 5.75 Å². The summed E-state index contributed by atoms with van der Waals surface area (Å²) in [6, 6.07) is 7.22. The van der Waals surface area contributed by atoms with E-state index in [-0.39, 0.29) is 29.1 Å². The van der Waals surface area contributed by atoms with E-state index in [2.05, 4.69) is 21.5 Å². The van der Waals surface area contributed by atoms with Gasteiger partial charge in [-0.2, -0.15) is 0 Å². The minimum Gasteiger partial charge on any atom is -0.357 e. The van der Waals surface area contributed by atoms with Crippen LogP contribution in [0, 0.1) is 0 Å². The lowest BCUT2D eigenvalue weighted by atomic mass is 10.1. The summed E-state index contributed by atoms with van der Waals surface area (Å²) in [5.41, 5.74) is 5.54. The Bertz CT molecular complexity index is 627. The smallest absolute Gasteiger partial charge is 0.270 e. The van der Waals surface area contributed by atoms with Crippen LogP contribution in [0.15, 0.2) is 29.2 Å². The molecule has 8 heteroatoms. The van der Waals surface area contributed by atoms with Crippen LogP contribution < -0.4 is 21.5 Å². The van der Waals surface area contributed by atoms with Gasteiger partial charge in [-0.3, -0.25) is 20.4 Å². The van der Waals surface area contributed by atoms with E-state index in [9.17, 15) is 9.59 Å². The second kappa shape index (κ2) is 9.62. The number of amides is 2. The van der Waals surface area contributed by atoms with Crippen molar-refractivity contribution in [3.8, 4) is 0 Å². The van der Waals surface area contributed by atoms with Crippen LogP contribution in [0.3, 0.4) is 0 Å². The van der Waals surface area contributed by atoms with Gasteiger partial charge in [0, 0.05) is 16.5 Å². The van der Waals surface area contributed by atoms with Gasteiger partial charge in [0.15, 0.2) is 5.11 Å². The average Bonchev–Trinajstić information content (AvgIpc) is 2.48. The third-order valence-electron chi connectivity index (χ3n) is 2.72. The number of hydrogen-bond acceptors (Lipinski definition) is 4. The molecule has 0 aromatic heterocycles. The number of hydrazine groups is 1. The molecule has 0 spiro atoms. The maximum absolute atomic E-state index is 12.4. The van der Waals surface area contributed by atoms with E-state index in [0.717, 1.165) is 4.90 Å². The van der Waals surface area contributed by atoms with Crippen LogP contribution in [-0.2, 0) is 4.79 Å². The molecule has 0 unspecified atom stereocenters. The Kier molecular flexibility index (Phi) is 8.18. The fourth-order valence-corrected chi connectivity index (χ4v) is 3.06. The number of carbonyl (C=O) groups excluding carboxylic acids is 2. The number of nitrogens with one attached hydrogen (secondary N) is 4. The maximum atomic E-state index is 12.4. The van der Waals surface area contributed by atoms with E-state index in [4.69, 9.17) is 12.2 Å². The molecule has 0 atom stereocenters. The zero-order chi connectivity index (χ0) is 19.0. The van der Waals surface area contributed by atoms with Gasteiger partial charge in [-0.1, -0.05) is 12.1 Å². The van der Waals surface area contributed by atoms with Crippen molar-refractivity contribution in [3.05, 3.63) is 29.8 Å². The molecule has 4 N–H and O–H groups in total. The predicted molar refractivity (Wildman–Crippen MR) is 107 cm³/mol. The number of thioether (sulfide) groups is 1. The van der Waals surface area contributed by atoms with E-state index in [1.165, 1.54) is 11.8 Å². The highest BCUT2D eigenvalue weighted by atomic mass is 32.2. The molecule has 0 bridgehead atoms. The van der Waals surface area contributed by atoms with Crippen molar-refractivity contribution in [3.63, 3.8) is 0 Å². The first-order chi connectivity index (χ1) is 11.6. The SMILES string of the molecule is CC(C)NC(=O)CSc1ccccc1C(=O)NNC(=S)NC(C)(C)C. The Morgan fingerprint density at radius 1 is 1.16 bits per heavy atom.